The van der Waals surface area contributed by atoms with E-state index >= 15 is 0 Å². The van der Waals surface area contributed by atoms with E-state index in [9.17, 15) is 0 Å². The summed E-state index contributed by atoms with van der Waals surface area (Å²) in [7, 11) is 0. The smallest absolute Gasteiger partial charge is 0.227 e. The molecular formula is C38H26N4O. The van der Waals surface area contributed by atoms with Crippen LogP contribution in [0, 0.1) is 0 Å². The van der Waals surface area contributed by atoms with Crippen LogP contribution < -0.4 is 5.32 Å². The summed E-state index contributed by atoms with van der Waals surface area (Å²) in [6.45, 7) is 0. The van der Waals surface area contributed by atoms with E-state index in [0.717, 1.165) is 50.3 Å². The Kier molecular flexibility index (Phi) is 6.12. The van der Waals surface area contributed by atoms with Crippen molar-refractivity contribution < 1.29 is 4.42 Å². The highest BCUT2D eigenvalue weighted by atomic mass is 16.3. The van der Waals surface area contributed by atoms with Gasteiger partial charge in [0, 0.05) is 28.1 Å². The molecule has 43 heavy (non-hydrogen) atoms. The largest absolute Gasteiger partial charge is 0.438 e. The molecule has 5 nitrogen and oxygen atoms in total. The van der Waals surface area contributed by atoms with Crippen molar-refractivity contribution in [2.24, 2.45) is 9.98 Å². The molecule has 7 aromatic rings. The minimum absolute atomic E-state index is 0.385. The van der Waals surface area contributed by atoms with Gasteiger partial charge in [0.1, 0.15) is 17.3 Å². The van der Waals surface area contributed by atoms with Crippen LogP contribution in [-0.2, 0) is 0 Å². The summed E-state index contributed by atoms with van der Waals surface area (Å²) in [6.07, 6.45) is 1.36. The maximum absolute atomic E-state index is 6.07. The Bertz CT molecular complexity index is 2130. The number of hydrogen-bond acceptors (Lipinski definition) is 5. The average Bonchev–Trinajstić information content (AvgIpc) is 3.48. The second-order valence-electron chi connectivity index (χ2n) is 10.5. The lowest BCUT2D eigenvalue weighted by atomic mass is 9.99. The zero-order chi connectivity index (χ0) is 28.6. The summed E-state index contributed by atoms with van der Waals surface area (Å²) in [4.78, 5) is 14.6. The topological polar surface area (TPSA) is 62.8 Å². The van der Waals surface area contributed by atoms with Gasteiger partial charge in [-0.25, -0.2) is 15.0 Å². The van der Waals surface area contributed by atoms with Gasteiger partial charge in [0.05, 0.1) is 0 Å². The number of amidine groups is 2. The van der Waals surface area contributed by atoms with Crippen molar-refractivity contribution in [2.75, 3.05) is 0 Å². The molecule has 1 N–H and O–H groups in total. The Morgan fingerprint density at radius 3 is 1.81 bits per heavy atom. The highest BCUT2D eigenvalue weighted by Gasteiger charge is 2.23. The molecule has 0 saturated heterocycles. The molecule has 0 amide bonds. The molecule has 3 heterocycles. The molecule has 0 saturated carbocycles. The molecular weight excluding hydrogens is 528 g/mol. The maximum atomic E-state index is 6.07. The van der Waals surface area contributed by atoms with Crippen molar-refractivity contribution in [2.45, 2.75) is 6.17 Å². The van der Waals surface area contributed by atoms with Crippen molar-refractivity contribution in [3.8, 4) is 22.3 Å². The van der Waals surface area contributed by atoms with E-state index in [1.165, 1.54) is 16.7 Å². The Hall–Kier alpha value is -5.81. The number of pyridine rings is 1. The summed E-state index contributed by atoms with van der Waals surface area (Å²) in [6, 6.07) is 47.9. The number of aliphatic imine (C=N–C) groups is 2. The SMILES string of the molecule is c1ccc(-c2ccc(-c3ccc(C4=NC(c5ccccc5)N=C(c5cccc6oc7ncccc7c56)N4)cc3)cc2)cc1. The third-order valence-corrected chi connectivity index (χ3v) is 7.85. The first-order chi connectivity index (χ1) is 21.3. The van der Waals surface area contributed by atoms with Crippen LogP contribution in [0.2, 0.25) is 0 Å². The van der Waals surface area contributed by atoms with Gasteiger partial charge in [-0.15, -0.1) is 0 Å². The number of aromatic nitrogens is 1. The Morgan fingerprint density at radius 2 is 1.12 bits per heavy atom. The van der Waals surface area contributed by atoms with E-state index in [0.29, 0.717) is 5.71 Å². The van der Waals surface area contributed by atoms with Crippen molar-refractivity contribution in [1.82, 2.24) is 10.3 Å². The zero-order valence-electron chi connectivity index (χ0n) is 23.2. The first-order valence-electron chi connectivity index (χ1n) is 14.3. The molecule has 0 radical (unpaired) electrons. The molecule has 1 aliphatic heterocycles. The molecule has 1 aliphatic rings. The highest BCUT2D eigenvalue weighted by Crippen LogP contribution is 2.32. The minimum atomic E-state index is -0.385. The molecule has 2 aromatic heterocycles. The number of hydrogen-bond donors (Lipinski definition) is 1. The van der Waals surface area contributed by atoms with E-state index in [2.05, 4.69) is 101 Å². The first-order valence-corrected chi connectivity index (χ1v) is 14.3. The molecule has 0 bridgehead atoms. The van der Waals surface area contributed by atoms with E-state index in [1.807, 2.05) is 48.5 Å². The lowest BCUT2D eigenvalue weighted by Gasteiger charge is -2.23. The second kappa shape index (κ2) is 10.5. The van der Waals surface area contributed by atoms with Gasteiger partial charge in [0.2, 0.25) is 5.71 Å². The Morgan fingerprint density at radius 1 is 0.512 bits per heavy atom. The molecule has 1 unspecified atom stereocenters. The van der Waals surface area contributed by atoms with Gasteiger partial charge in [-0.05, 0) is 46.0 Å². The third-order valence-electron chi connectivity index (χ3n) is 7.85. The first kappa shape index (κ1) is 24.9. The second-order valence-corrected chi connectivity index (χ2v) is 10.5. The van der Waals surface area contributed by atoms with Gasteiger partial charge in [-0.2, -0.15) is 0 Å². The quantitative estimate of drug-likeness (QED) is 0.231. The van der Waals surface area contributed by atoms with Crippen LogP contribution in [0.5, 0.6) is 0 Å². The summed E-state index contributed by atoms with van der Waals surface area (Å²) in [5, 5.41) is 5.50. The number of fused-ring (bicyclic) bond motifs is 3. The van der Waals surface area contributed by atoms with Gasteiger partial charge in [-0.3, -0.25) is 0 Å². The van der Waals surface area contributed by atoms with Gasteiger partial charge < -0.3 is 9.73 Å². The molecule has 204 valence electrons. The Balaban J connectivity index is 1.16. The summed E-state index contributed by atoms with van der Waals surface area (Å²) < 4.78 is 6.07. The summed E-state index contributed by atoms with van der Waals surface area (Å²) in [5.41, 5.74) is 9.09. The van der Waals surface area contributed by atoms with E-state index < -0.39 is 0 Å². The van der Waals surface area contributed by atoms with E-state index in [-0.39, 0.29) is 6.17 Å². The van der Waals surface area contributed by atoms with E-state index in [4.69, 9.17) is 14.4 Å². The predicted octanol–water partition coefficient (Wildman–Crippen LogP) is 8.81. The fourth-order valence-corrected chi connectivity index (χ4v) is 5.67. The van der Waals surface area contributed by atoms with Crippen molar-refractivity contribution >= 4 is 33.7 Å². The lowest BCUT2D eigenvalue weighted by molar-refractivity contribution is 0.654. The maximum Gasteiger partial charge on any atom is 0.227 e. The molecule has 8 rings (SSSR count). The van der Waals surface area contributed by atoms with Crippen LogP contribution in [0.3, 0.4) is 0 Å². The minimum Gasteiger partial charge on any atom is -0.438 e. The van der Waals surface area contributed by atoms with Crippen LogP contribution in [0.15, 0.2) is 160 Å². The van der Waals surface area contributed by atoms with Crippen LogP contribution in [0.1, 0.15) is 22.9 Å². The number of nitrogens with zero attached hydrogens (tertiary/aromatic N) is 3. The highest BCUT2D eigenvalue weighted by molar-refractivity contribution is 6.23. The van der Waals surface area contributed by atoms with Gasteiger partial charge >= 0.3 is 0 Å². The van der Waals surface area contributed by atoms with Gasteiger partial charge in [-0.1, -0.05) is 121 Å². The summed E-state index contributed by atoms with van der Waals surface area (Å²) >= 11 is 0. The van der Waals surface area contributed by atoms with Crippen molar-refractivity contribution in [1.29, 1.82) is 0 Å². The fourth-order valence-electron chi connectivity index (χ4n) is 5.67. The number of benzene rings is 5. The fraction of sp³-hybridized carbons (Fsp3) is 0.0263. The van der Waals surface area contributed by atoms with E-state index in [1.54, 1.807) is 6.20 Å². The normalized spacial score (nSPS) is 14.7. The zero-order valence-corrected chi connectivity index (χ0v) is 23.2. The van der Waals surface area contributed by atoms with Gasteiger partial charge in [0.25, 0.3) is 0 Å². The molecule has 0 fully saturated rings. The van der Waals surface area contributed by atoms with Crippen LogP contribution in [0.25, 0.3) is 44.3 Å². The molecule has 5 heteroatoms. The molecule has 5 aromatic carbocycles. The van der Waals surface area contributed by atoms with Crippen LogP contribution in [0.4, 0.5) is 0 Å². The molecule has 0 spiro atoms. The van der Waals surface area contributed by atoms with Crippen molar-refractivity contribution in [3.63, 3.8) is 0 Å². The lowest BCUT2D eigenvalue weighted by Crippen LogP contribution is -2.36. The van der Waals surface area contributed by atoms with Crippen LogP contribution in [-0.4, -0.2) is 16.7 Å². The predicted molar refractivity (Wildman–Crippen MR) is 174 cm³/mol. The average molecular weight is 555 g/mol. The van der Waals surface area contributed by atoms with Crippen molar-refractivity contribution in [3.05, 3.63) is 162 Å². The molecule has 1 atom stereocenters. The number of nitrogens with one attached hydrogen (secondary N) is 1. The third kappa shape index (κ3) is 4.67. The monoisotopic (exact) mass is 554 g/mol. The number of rotatable bonds is 5. The Labute approximate surface area is 248 Å². The number of furan rings is 1. The molecule has 0 aliphatic carbocycles. The van der Waals surface area contributed by atoms with Gasteiger partial charge in [0.15, 0.2) is 6.17 Å². The van der Waals surface area contributed by atoms with Crippen LogP contribution >= 0.6 is 0 Å². The summed E-state index contributed by atoms with van der Waals surface area (Å²) in [5.74, 6) is 1.52. The standard InChI is InChI=1S/C38H26N4O/c1-3-9-25(10-4-1)26-16-18-27(19-17-26)28-20-22-30(23-21-28)36-40-35(29-11-5-2-6-12-29)41-37(42-36)31-13-7-15-33-34(31)32-14-8-24-39-38(32)43-33/h1-24,35H,(H,40,41,42).